The van der Waals surface area contributed by atoms with Gasteiger partial charge in [-0.15, -0.1) is 0 Å². The van der Waals surface area contributed by atoms with Gasteiger partial charge in [0, 0.05) is 40.2 Å². The van der Waals surface area contributed by atoms with Gasteiger partial charge in [0.2, 0.25) is 0 Å². The number of hydrogen-bond acceptors (Lipinski definition) is 6. The van der Waals surface area contributed by atoms with E-state index in [0.717, 1.165) is 16.0 Å². The van der Waals surface area contributed by atoms with Gasteiger partial charge in [0.05, 0.1) is 23.5 Å². The fourth-order valence-corrected chi connectivity index (χ4v) is 4.45. The summed E-state index contributed by atoms with van der Waals surface area (Å²) < 4.78 is 15.3. The normalized spacial score (nSPS) is 13.5. The van der Waals surface area contributed by atoms with Crippen LogP contribution in [0.5, 0.6) is 0 Å². The number of hydrogen-bond donors (Lipinski definition) is 2. The van der Waals surface area contributed by atoms with Gasteiger partial charge in [0.1, 0.15) is 16.9 Å². The van der Waals surface area contributed by atoms with Crippen LogP contribution in [0.25, 0.3) is 16.6 Å². The smallest absolute Gasteiger partial charge is 0.127 e. The molecule has 0 amide bonds. The van der Waals surface area contributed by atoms with Crippen molar-refractivity contribution in [1.29, 1.82) is 5.26 Å². The summed E-state index contributed by atoms with van der Waals surface area (Å²) >= 11 is 1.30. The van der Waals surface area contributed by atoms with E-state index in [4.69, 9.17) is 0 Å². The Labute approximate surface area is 183 Å². The maximum absolute atomic E-state index is 13.7. The van der Waals surface area contributed by atoms with E-state index in [-0.39, 0.29) is 5.82 Å². The molecule has 0 aromatic carbocycles. The molecule has 0 unspecified atom stereocenters. The minimum atomic E-state index is -0.342. The average Bonchev–Trinajstić information content (AvgIpc) is 3.45. The molecule has 7 nitrogen and oxygen atoms in total. The molecule has 4 aromatic heterocycles. The molecule has 0 spiro atoms. The zero-order valence-electron chi connectivity index (χ0n) is 17.1. The zero-order chi connectivity index (χ0) is 21.6. The van der Waals surface area contributed by atoms with Gasteiger partial charge in [-0.2, -0.15) is 15.5 Å². The lowest BCUT2D eigenvalue weighted by atomic mass is 10.1. The molecule has 9 heteroatoms. The second-order valence-corrected chi connectivity index (χ2v) is 8.28. The molecule has 0 bridgehead atoms. The highest BCUT2D eigenvalue weighted by Crippen LogP contribution is 2.35. The van der Waals surface area contributed by atoms with E-state index < -0.39 is 0 Å². The summed E-state index contributed by atoms with van der Waals surface area (Å²) in [5.74, 6) is -0.342. The van der Waals surface area contributed by atoms with E-state index in [1.165, 1.54) is 62.4 Å². The number of nitrogens with zero attached hydrogens (tertiary/aromatic N) is 5. The Morgan fingerprint density at radius 2 is 1.97 bits per heavy atom. The van der Waals surface area contributed by atoms with Gasteiger partial charge in [-0.3, -0.25) is 5.10 Å². The average molecular weight is 436 g/mol. The molecule has 4 aromatic rings. The molecule has 5 rings (SSSR count). The van der Waals surface area contributed by atoms with E-state index >= 15 is 0 Å². The number of nitrogens with one attached hydrogen (secondary N) is 2. The van der Waals surface area contributed by atoms with Gasteiger partial charge in [-0.05, 0) is 45.0 Å². The number of fused-ring (bicyclic) bond motifs is 1. The summed E-state index contributed by atoms with van der Waals surface area (Å²) in [5.41, 5.74) is 3.49. The van der Waals surface area contributed by atoms with Crippen LogP contribution in [0, 0.1) is 24.1 Å². The molecule has 0 aliphatic carbocycles. The van der Waals surface area contributed by atoms with Gasteiger partial charge in [-0.25, -0.2) is 13.9 Å². The Hall–Kier alpha value is -3.22. The van der Waals surface area contributed by atoms with Crippen molar-refractivity contribution >= 4 is 17.3 Å². The minimum absolute atomic E-state index is 0.342. The molecule has 0 atom stereocenters. The number of H-pyrrole nitrogens is 1. The van der Waals surface area contributed by atoms with Crippen molar-refractivity contribution in [3.05, 3.63) is 60.1 Å². The Bertz CT molecular complexity index is 1180. The molecular weight excluding hydrogens is 413 g/mol. The van der Waals surface area contributed by atoms with E-state index in [9.17, 15) is 9.65 Å². The molecule has 1 saturated heterocycles. The van der Waals surface area contributed by atoms with Gasteiger partial charge >= 0.3 is 0 Å². The molecule has 1 fully saturated rings. The Morgan fingerprint density at radius 1 is 1.13 bits per heavy atom. The zero-order valence-corrected chi connectivity index (χ0v) is 17.9. The van der Waals surface area contributed by atoms with E-state index in [2.05, 4.69) is 31.7 Å². The van der Waals surface area contributed by atoms with Gasteiger partial charge in [0.15, 0.2) is 0 Å². The monoisotopic (exact) mass is 435 g/mol. The highest BCUT2D eigenvalue weighted by molar-refractivity contribution is 7.99. The number of halogens is 1. The number of rotatable bonds is 3. The molecule has 1 aliphatic rings. The molecular formula is C22H22FN7S. The van der Waals surface area contributed by atoms with Crippen molar-refractivity contribution in [3.63, 3.8) is 0 Å². The maximum atomic E-state index is 13.7. The van der Waals surface area contributed by atoms with Crippen LogP contribution in [0.4, 0.5) is 4.39 Å². The summed E-state index contributed by atoms with van der Waals surface area (Å²) in [6.45, 7) is 4.24. The molecule has 158 valence electrons. The van der Waals surface area contributed by atoms with Gasteiger partial charge < -0.3 is 5.32 Å². The van der Waals surface area contributed by atoms with Crippen LogP contribution in [-0.2, 0) is 0 Å². The third-order valence-electron chi connectivity index (χ3n) is 4.85. The summed E-state index contributed by atoms with van der Waals surface area (Å²) in [7, 11) is 0. The lowest BCUT2D eigenvalue weighted by Crippen LogP contribution is -2.21. The number of nitriles is 1. The second kappa shape index (κ2) is 9.73. The van der Waals surface area contributed by atoms with Crippen LogP contribution in [0.1, 0.15) is 30.5 Å². The van der Waals surface area contributed by atoms with Crippen molar-refractivity contribution in [2.75, 3.05) is 13.1 Å². The van der Waals surface area contributed by atoms with E-state index in [1.54, 1.807) is 23.8 Å². The molecule has 5 heterocycles. The number of piperidine rings is 1. The first-order chi connectivity index (χ1) is 15.1. The predicted octanol–water partition coefficient (Wildman–Crippen LogP) is 4.35. The Balaban J connectivity index is 0.000000334. The van der Waals surface area contributed by atoms with Crippen LogP contribution < -0.4 is 5.32 Å². The SMILES string of the molecule is C1CCNCC1.Cc1cc(F)cc(Sc2cc(-c3cn[nH]c3)cn3ncc(C#N)c23)n1. The molecule has 31 heavy (non-hydrogen) atoms. The molecule has 1 aliphatic heterocycles. The van der Waals surface area contributed by atoms with E-state index in [1.807, 2.05) is 12.3 Å². The largest absolute Gasteiger partial charge is 0.317 e. The van der Waals surface area contributed by atoms with Crippen LogP contribution >= 0.6 is 11.8 Å². The molecule has 2 N–H and O–H groups in total. The quantitative estimate of drug-likeness (QED) is 0.497. The van der Waals surface area contributed by atoms with Crippen molar-refractivity contribution in [2.45, 2.75) is 36.1 Å². The van der Waals surface area contributed by atoms with Crippen LogP contribution in [0.15, 0.2) is 52.9 Å². The Morgan fingerprint density at radius 3 is 2.58 bits per heavy atom. The fourth-order valence-electron chi connectivity index (χ4n) is 3.37. The fraction of sp³-hybridized carbons (Fsp3) is 0.273. The molecule has 0 saturated carbocycles. The first-order valence-corrected chi connectivity index (χ1v) is 10.9. The number of aryl methyl sites for hydroxylation is 1. The van der Waals surface area contributed by atoms with Crippen LogP contribution in [0.2, 0.25) is 0 Å². The van der Waals surface area contributed by atoms with Gasteiger partial charge in [-0.1, -0.05) is 18.2 Å². The van der Waals surface area contributed by atoms with Gasteiger partial charge in [0.25, 0.3) is 0 Å². The summed E-state index contributed by atoms with van der Waals surface area (Å²) in [4.78, 5) is 5.13. The first kappa shape index (κ1) is 21.0. The highest BCUT2D eigenvalue weighted by atomic mass is 32.2. The lowest BCUT2D eigenvalue weighted by molar-refractivity contribution is 0.520. The number of pyridine rings is 2. The summed E-state index contributed by atoms with van der Waals surface area (Å²) in [6, 6.07) is 6.82. The van der Waals surface area contributed by atoms with Crippen molar-refractivity contribution in [1.82, 2.24) is 30.1 Å². The van der Waals surface area contributed by atoms with E-state index in [0.29, 0.717) is 21.8 Å². The standard InChI is InChI=1S/C17H11FN6S.C5H11N/c1-10-2-14(18)4-16(23-10)25-15-3-11(13-6-20-21-7-13)9-24-17(15)12(5-19)8-22-24;1-2-4-6-5-3-1/h2-4,6-9H,1H3,(H,20,21);6H,1-5H2. The minimum Gasteiger partial charge on any atom is -0.317 e. The van der Waals surface area contributed by atoms with Crippen LogP contribution in [-0.4, -0.2) is 37.9 Å². The second-order valence-electron chi connectivity index (χ2n) is 7.22. The highest BCUT2D eigenvalue weighted by Gasteiger charge is 2.14. The Kier molecular flexibility index (Phi) is 6.60. The predicted molar refractivity (Wildman–Crippen MR) is 117 cm³/mol. The van der Waals surface area contributed by atoms with Crippen LogP contribution in [0.3, 0.4) is 0 Å². The summed E-state index contributed by atoms with van der Waals surface area (Å²) in [5, 5.41) is 24.2. The number of aromatic amines is 1. The maximum Gasteiger partial charge on any atom is 0.127 e. The topological polar surface area (TPSA) is 94.7 Å². The first-order valence-electron chi connectivity index (χ1n) is 10.1. The van der Waals surface area contributed by atoms with Crippen molar-refractivity contribution < 1.29 is 4.39 Å². The van der Waals surface area contributed by atoms with Crippen molar-refractivity contribution in [2.24, 2.45) is 0 Å². The molecule has 0 radical (unpaired) electrons. The third-order valence-corrected chi connectivity index (χ3v) is 5.79. The third kappa shape index (κ3) is 5.10. The lowest BCUT2D eigenvalue weighted by Gasteiger charge is -2.08. The van der Waals surface area contributed by atoms with Crippen molar-refractivity contribution in [3.8, 4) is 17.2 Å². The summed E-state index contributed by atoms with van der Waals surface area (Å²) in [6.07, 6.45) is 11.0. The number of aromatic nitrogens is 5.